The van der Waals surface area contributed by atoms with Crippen LogP contribution in [0.4, 0.5) is 0 Å². The number of amidine groups is 2. The molecule has 2 N–H and O–H groups in total. The van der Waals surface area contributed by atoms with Crippen LogP contribution < -0.4 is 10.6 Å². The first kappa shape index (κ1) is 30.1. The summed E-state index contributed by atoms with van der Waals surface area (Å²) in [6.45, 7) is 4.73. The molecule has 0 amide bonds. The van der Waals surface area contributed by atoms with Crippen molar-refractivity contribution in [2.24, 2.45) is 39.6 Å². The molecule has 0 bridgehead atoms. The first-order chi connectivity index (χ1) is 24.1. The molecule has 0 saturated heterocycles. The van der Waals surface area contributed by atoms with Gasteiger partial charge in [-0.3, -0.25) is 0 Å². The summed E-state index contributed by atoms with van der Waals surface area (Å²) < 4.78 is 0. The Kier molecular flexibility index (Phi) is 7.68. The summed E-state index contributed by atoms with van der Waals surface area (Å²) in [6.07, 6.45) is 12.9. The Morgan fingerprint density at radius 1 is 0.694 bits per heavy atom. The molecule has 0 spiro atoms. The molecule has 0 fully saturated rings. The molecular formula is C45H44N4. The number of hydrogen-bond acceptors (Lipinski definition) is 4. The topological polar surface area (TPSA) is 48.8 Å². The highest BCUT2D eigenvalue weighted by atomic mass is 15.2. The SMILES string of the molecule is CC1C=CC2C(=CNC2C2=CC(C)C(C3=NC(c4ccccc4)NC(c4ccccc4)=N3)CC2C2Cc3ccccc3-c3ccccc32)C1. The second-order valence-corrected chi connectivity index (χ2v) is 14.8. The lowest BCUT2D eigenvalue weighted by molar-refractivity contribution is 0.314. The Balaban J connectivity index is 1.16. The Hall–Kier alpha value is -4.96. The van der Waals surface area contributed by atoms with E-state index in [2.05, 4.69) is 158 Å². The van der Waals surface area contributed by atoms with Crippen LogP contribution in [0.5, 0.6) is 0 Å². The summed E-state index contributed by atoms with van der Waals surface area (Å²) in [5, 5.41) is 7.60. The maximum atomic E-state index is 5.41. The highest BCUT2D eigenvalue weighted by Crippen LogP contribution is 2.52. The lowest BCUT2D eigenvalue weighted by Gasteiger charge is -2.44. The van der Waals surface area contributed by atoms with Crippen molar-refractivity contribution in [3.63, 3.8) is 0 Å². The van der Waals surface area contributed by atoms with Gasteiger partial charge in [0.1, 0.15) is 17.8 Å². The van der Waals surface area contributed by atoms with Crippen molar-refractivity contribution in [1.29, 1.82) is 0 Å². The van der Waals surface area contributed by atoms with E-state index < -0.39 is 0 Å². The Labute approximate surface area is 290 Å². The van der Waals surface area contributed by atoms with E-state index in [1.165, 1.54) is 22.3 Å². The third-order valence-corrected chi connectivity index (χ3v) is 11.7. The van der Waals surface area contributed by atoms with Crippen LogP contribution in [0.15, 0.2) is 155 Å². The minimum absolute atomic E-state index is 0.181. The van der Waals surface area contributed by atoms with Gasteiger partial charge in [0.2, 0.25) is 0 Å². The average Bonchev–Trinajstić information content (AvgIpc) is 3.58. The summed E-state index contributed by atoms with van der Waals surface area (Å²) in [4.78, 5) is 10.8. The van der Waals surface area contributed by atoms with Gasteiger partial charge in [0, 0.05) is 17.4 Å². The number of rotatable bonds is 5. The Bertz CT molecular complexity index is 2020. The van der Waals surface area contributed by atoms with E-state index >= 15 is 0 Å². The van der Waals surface area contributed by atoms with Gasteiger partial charge in [0.15, 0.2) is 0 Å². The zero-order valence-corrected chi connectivity index (χ0v) is 28.3. The van der Waals surface area contributed by atoms with Gasteiger partial charge in [-0.2, -0.15) is 0 Å². The van der Waals surface area contributed by atoms with Gasteiger partial charge in [-0.05, 0) is 88.1 Å². The molecule has 2 aliphatic heterocycles. The van der Waals surface area contributed by atoms with Crippen molar-refractivity contribution in [3.8, 4) is 11.1 Å². The summed E-state index contributed by atoms with van der Waals surface area (Å²) in [5.74, 6) is 4.09. The van der Waals surface area contributed by atoms with Gasteiger partial charge in [-0.25, -0.2) is 9.98 Å². The predicted molar refractivity (Wildman–Crippen MR) is 201 cm³/mol. The number of nitrogens with one attached hydrogen (secondary N) is 2. The molecule has 8 atom stereocenters. The van der Waals surface area contributed by atoms with E-state index in [1.54, 1.807) is 11.1 Å². The number of fused-ring (bicyclic) bond motifs is 4. The van der Waals surface area contributed by atoms with Crippen molar-refractivity contribution in [2.75, 3.05) is 0 Å². The minimum atomic E-state index is -0.181. The Morgan fingerprint density at radius 3 is 2.27 bits per heavy atom. The van der Waals surface area contributed by atoms with Crippen LogP contribution in [0.1, 0.15) is 61.0 Å². The summed E-state index contributed by atoms with van der Waals surface area (Å²) >= 11 is 0. The molecule has 4 aromatic carbocycles. The van der Waals surface area contributed by atoms with E-state index in [0.29, 0.717) is 29.6 Å². The van der Waals surface area contributed by atoms with Crippen LogP contribution in [0.3, 0.4) is 0 Å². The van der Waals surface area contributed by atoms with E-state index in [4.69, 9.17) is 9.98 Å². The highest BCUT2D eigenvalue weighted by Gasteiger charge is 2.45. The molecule has 4 aromatic rings. The Morgan fingerprint density at radius 2 is 1.43 bits per heavy atom. The fourth-order valence-electron chi connectivity index (χ4n) is 9.25. The van der Waals surface area contributed by atoms with Crippen LogP contribution in [-0.4, -0.2) is 17.7 Å². The molecule has 9 rings (SSSR count). The minimum Gasteiger partial charge on any atom is -0.383 e. The molecule has 2 heterocycles. The zero-order valence-electron chi connectivity index (χ0n) is 28.3. The van der Waals surface area contributed by atoms with Gasteiger partial charge < -0.3 is 10.6 Å². The molecule has 4 nitrogen and oxygen atoms in total. The average molecular weight is 641 g/mol. The van der Waals surface area contributed by atoms with E-state index in [1.807, 2.05) is 0 Å². The molecule has 3 aliphatic carbocycles. The quantitative estimate of drug-likeness (QED) is 0.214. The van der Waals surface area contributed by atoms with E-state index in [0.717, 1.165) is 42.1 Å². The smallest absolute Gasteiger partial charge is 0.147 e. The fraction of sp³-hybridized carbons (Fsp3) is 0.289. The van der Waals surface area contributed by atoms with Gasteiger partial charge in [0.25, 0.3) is 0 Å². The van der Waals surface area contributed by atoms with Crippen molar-refractivity contribution in [3.05, 3.63) is 167 Å². The van der Waals surface area contributed by atoms with E-state index in [9.17, 15) is 0 Å². The lowest BCUT2D eigenvalue weighted by atomic mass is 9.62. The fourth-order valence-corrected chi connectivity index (χ4v) is 9.25. The van der Waals surface area contributed by atoms with Crippen molar-refractivity contribution in [1.82, 2.24) is 10.6 Å². The number of benzene rings is 4. The lowest BCUT2D eigenvalue weighted by Crippen LogP contribution is -2.42. The number of aliphatic imine (C=N–C) groups is 2. The highest BCUT2D eigenvalue weighted by molar-refractivity contribution is 6.08. The number of allylic oxidation sites excluding steroid dienone is 2. The molecule has 0 radical (unpaired) electrons. The number of nitrogens with zero attached hydrogens (tertiary/aromatic N) is 2. The molecule has 244 valence electrons. The molecule has 0 aromatic heterocycles. The molecular weight excluding hydrogens is 597 g/mol. The van der Waals surface area contributed by atoms with Gasteiger partial charge >= 0.3 is 0 Å². The standard InChI is InChI=1S/C45H44N4/c1-28-21-22-35-33(23-28)27-46-42(35)41-24-29(2)38(26-40(41)39-25-32-17-9-10-18-34(32)36-19-11-12-20-37(36)39)45-48-43(30-13-5-3-6-14-30)47-44(49-45)31-15-7-4-8-16-31/h3-22,24,27-29,35,38-40,42-43,46H,23,25-26H2,1-2H3,(H,47,48,49). The maximum absolute atomic E-state index is 5.41. The summed E-state index contributed by atoms with van der Waals surface area (Å²) in [5.41, 5.74) is 11.1. The molecule has 0 saturated carbocycles. The third kappa shape index (κ3) is 5.48. The zero-order chi connectivity index (χ0) is 32.9. The molecule has 4 heteroatoms. The van der Waals surface area contributed by atoms with Crippen LogP contribution in [0.25, 0.3) is 11.1 Å². The van der Waals surface area contributed by atoms with Crippen molar-refractivity contribution >= 4 is 11.7 Å². The number of hydrogen-bond donors (Lipinski definition) is 2. The van der Waals surface area contributed by atoms with Gasteiger partial charge in [-0.1, -0.05) is 141 Å². The van der Waals surface area contributed by atoms with Crippen LogP contribution in [0, 0.1) is 29.6 Å². The first-order valence-electron chi connectivity index (χ1n) is 18.2. The summed E-state index contributed by atoms with van der Waals surface area (Å²) in [6, 6.07) is 39.7. The van der Waals surface area contributed by atoms with Crippen molar-refractivity contribution < 1.29 is 0 Å². The van der Waals surface area contributed by atoms with Gasteiger partial charge in [-0.15, -0.1) is 0 Å². The first-order valence-corrected chi connectivity index (χ1v) is 18.2. The second-order valence-electron chi connectivity index (χ2n) is 14.8. The summed E-state index contributed by atoms with van der Waals surface area (Å²) in [7, 11) is 0. The normalized spacial score (nSPS) is 29.9. The largest absolute Gasteiger partial charge is 0.383 e. The van der Waals surface area contributed by atoms with Crippen LogP contribution >= 0.6 is 0 Å². The van der Waals surface area contributed by atoms with E-state index in [-0.39, 0.29) is 18.1 Å². The molecule has 5 aliphatic rings. The van der Waals surface area contributed by atoms with Crippen LogP contribution in [-0.2, 0) is 6.42 Å². The maximum Gasteiger partial charge on any atom is 0.147 e. The van der Waals surface area contributed by atoms with Gasteiger partial charge in [0.05, 0.1) is 6.04 Å². The van der Waals surface area contributed by atoms with Crippen molar-refractivity contribution in [2.45, 2.75) is 51.2 Å². The molecule has 8 unspecified atom stereocenters. The molecule has 49 heavy (non-hydrogen) atoms. The monoisotopic (exact) mass is 640 g/mol. The second kappa shape index (κ2) is 12.5. The van der Waals surface area contributed by atoms with Crippen LogP contribution in [0.2, 0.25) is 0 Å². The predicted octanol–water partition coefficient (Wildman–Crippen LogP) is 9.41. The third-order valence-electron chi connectivity index (χ3n) is 11.7.